The summed E-state index contributed by atoms with van der Waals surface area (Å²) in [6.07, 6.45) is 3.41. The molecule has 0 aliphatic carbocycles. The fourth-order valence-electron chi connectivity index (χ4n) is 1.36. The molecule has 0 aliphatic rings. The molecule has 0 amide bonds. The zero-order valence-electron chi connectivity index (χ0n) is 8.65. The molecular formula is C12H12BrN3. The van der Waals surface area contributed by atoms with Gasteiger partial charge in [-0.05, 0) is 35.9 Å². The van der Waals surface area contributed by atoms with Gasteiger partial charge in [0.05, 0.1) is 11.9 Å². The van der Waals surface area contributed by atoms with Crippen LogP contribution in [0, 0.1) is 0 Å². The van der Waals surface area contributed by atoms with Gasteiger partial charge in [0.2, 0.25) is 0 Å². The van der Waals surface area contributed by atoms with Crippen LogP contribution in [0.5, 0.6) is 0 Å². The monoisotopic (exact) mass is 277 g/mol. The number of pyridine rings is 1. The van der Waals surface area contributed by atoms with Crippen LogP contribution in [0.1, 0.15) is 5.56 Å². The third kappa shape index (κ3) is 2.73. The van der Waals surface area contributed by atoms with E-state index in [9.17, 15) is 0 Å². The highest BCUT2D eigenvalue weighted by atomic mass is 79.9. The van der Waals surface area contributed by atoms with E-state index in [4.69, 9.17) is 5.73 Å². The number of nitrogens with two attached hydrogens (primary N) is 1. The molecule has 1 heterocycles. The van der Waals surface area contributed by atoms with Gasteiger partial charge in [-0.3, -0.25) is 4.98 Å². The highest BCUT2D eigenvalue weighted by molar-refractivity contribution is 9.10. The molecule has 82 valence electrons. The first-order chi connectivity index (χ1) is 7.75. The van der Waals surface area contributed by atoms with E-state index >= 15 is 0 Å². The van der Waals surface area contributed by atoms with Gasteiger partial charge in [0.15, 0.2) is 0 Å². The molecule has 4 heteroatoms. The number of benzene rings is 1. The number of hydrogen-bond acceptors (Lipinski definition) is 3. The maximum Gasteiger partial charge on any atom is 0.0551 e. The highest BCUT2D eigenvalue weighted by Crippen LogP contribution is 2.16. The molecule has 0 bridgehead atoms. The van der Waals surface area contributed by atoms with E-state index in [0.717, 1.165) is 15.7 Å². The van der Waals surface area contributed by atoms with E-state index in [2.05, 4.69) is 26.2 Å². The van der Waals surface area contributed by atoms with Gasteiger partial charge < -0.3 is 11.1 Å². The number of rotatable bonds is 3. The number of hydrogen-bond donors (Lipinski definition) is 2. The summed E-state index contributed by atoms with van der Waals surface area (Å²) in [6.45, 7) is 0.704. The van der Waals surface area contributed by atoms with Crippen molar-refractivity contribution < 1.29 is 0 Å². The standard InChI is InChI=1S/C12H12BrN3/c13-10-1-3-11(4-2-10)16-7-9-5-6-15-8-12(9)14/h1-6,8,16H,7,14H2. The molecule has 0 saturated carbocycles. The fraction of sp³-hybridized carbons (Fsp3) is 0.0833. The number of nitrogen functional groups attached to an aromatic ring is 1. The third-order valence-corrected chi connectivity index (χ3v) is 2.80. The van der Waals surface area contributed by atoms with Gasteiger partial charge in [-0.25, -0.2) is 0 Å². The van der Waals surface area contributed by atoms with Gasteiger partial charge in [0.25, 0.3) is 0 Å². The lowest BCUT2D eigenvalue weighted by atomic mass is 10.2. The molecule has 3 nitrogen and oxygen atoms in total. The zero-order valence-corrected chi connectivity index (χ0v) is 10.2. The van der Waals surface area contributed by atoms with Gasteiger partial charge in [-0.15, -0.1) is 0 Å². The maximum absolute atomic E-state index is 5.80. The summed E-state index contributed by atoms with van der Waals surface area (Å²) < 4.78 is 1.07. The molecule has 1 aromatic heterocycles. The molecule has 0 fully saturated rings. The Balaban J connectivity index is 2.02. The predicted octanol–water partition coefficient (Wildman–Crippen LogP) is 3.04. The van der Waals surface area contributed by atoms with Crippen molar-refractivity contribution in [1.82, 2.24) is 4.98 Å². The zero-order chi connectivity index (χ0) is 11.4. The van der Waals surface area contributed by atoms with Crippen LogP contribution in [0.4, 0.5) is 11.4 Å². The van der Waals surface area contributed by atoms with Crippen LogP contribution in [0.15, 0.2) is 47.2 Å². The van der Waals surface area contributed by atoms with Crippen molar-refractivity contribution in [2.24, 2.45) is 0 Å². The van der Waals surface area contributed by atoms with E-state index in [1.165, 1.54) is 0 Å². The Labute approximate surface area is 103 Å². The van der Waals surface area contributed by atoms with Crippen LogP contribution in [-0.4, -0.2) is 4.98 Å². The average molecular weight is 278 g/mol. The van der Waals surface area contributed by atoms with Gasteiger partial charge >= 0.3 is 0 Å². The minimum atomic E-state index is 0.704. The van der Waals surface area contributed by atoms with Crippen molar-refractivity contribution in [3.05, 3.63) is 52.8 Å². The molecule has 0 spiro atoms. The lowest BCUT2D eigenvalue weighted by molar-refractivity contribution is 1.13. The van der Waals surface area contributed by atoms with Crippen LogP contribution >= 0.6 is 15.9 Å². The number of halogens is 1. The Morgan fingerprint density at radius 1 is 1.19 bits per heavy atom. The molecule has 3 N–H and O–H groups in total. The number of nitrogens with one attached hydrogen (secondary N) is 1. The molecule has 2 aromatic rings. The number of aromatic nitrogens is 1. The normalized spacial score (nSPS) is 10.1. The molecule has 2 rings (SSSR count). The van der Waals surface area contributed by atoms with Gasteiger partial charge in [-0.1, -0.05) is 15.9 Å². The van der Waals surface area contributed by atoms with Gasteiger partial charge in [0, 0.05) is 22.9 Å². The van der Waals surface area contributed by atoms with Crippen LogP contribution in [0.25, 0.3) is 0 Å². The third-order valence-electron chi connectivity index (χ3n) is 2.27. The summed E-state index contributed by atoms with van der Waals surface area (Å²) in [6, 6.07) is 9.95. The maximum atomic E-state index is 5.80. The lowest BCUT2D eigenvalue weighted by Crippen LogP contribution is -2.02. The lowest BCUT2D eigenvalue weighted by Gasteiger charge is -2.08. The Bertz CT molecular complexity index is 468. The second-order valence-electron chi connectivity index (χ2n) is 3.43. The summed E-state index contributed by atoms with van der Waals surface area (Å²) in [7, 11) is 0. The predicted molar refractivity (Wildman–Crippen MR) is 70.1 cm³/mol. The van der Waals surface area contributed by atoms with Crippen molar-refractivity contribution in [3.63, 3.8) is 0 Å². The van der Waals surface area contributed by atoms with E-state index in [1.807, 2.05) is 30.3 Å². The molecule has 0 atom stereocenters. The van der Waals surface area contributed by atoms with Crippen molar-refractivity contribution in [2.45, 2.75) is 6.54 Å². The number of anilines is 2. The van der Waals surface area contributed by atoms with E-state index < -0.39 is 0 Å². The summed E-state index contributed by atoms with van der Waals surface area (Å²) in [4.78, 5) is 3.95. The fourth-order valence-corrected chi connectivity index (χ4v) is 1.63. The summed E-state index contributed by atoms with van der Waals surface area (Å²) >= 11 is 3.40. The van der Waals surface area contributed by atoms with Crippen molar-refractivity contribution >= 4 is 27.3 Å². The molecular weight excluding hydrogens is 266 g/mol. The Morgan fingerprint density at radius 3 is 2.62 bits per heavy atom. The topological polar surface area (TPSA) is 50.9 Å². The van der Waals surface area contributed by atoms with Crippen molar-refractivity contribution in [1.29, 1.82) is 0 Å². The second kappa shape index (κ2) is 4.99. The molecule has 16 heavy (non-hydrogen) atoms. The summed E-state index contributed by atoms with van der Waals surface area (Å²) in [5, 5.41) is 3.30. The van der Waals surface area contributed by atoms with Crippen LogP contribution in [-0.2, 0) is 6.54 Å². The SMILES string of the molecule is Nc1cnccc1CNc1ccc(Br)cc1. The first-order valence-electron chi connectivity index (χ1n) is 4.93. The van der Waals surface area contributed by atoms with Crippen molar-refractivity contribution in [3.8, 4) is 0 Å². The molecule has 0 unspecified atom stereocenters. The Hall–Kier alpha value is -1.55. The molecule has 0 saturated heterocycles. The largest absolute Gasteiger partial charge is 0.397 e. The number of nitrogens with zero attached hydrogens (tertiary/aromatic N) is 1. The summed E-state index contributed by atoms with van der Waals surface area (Å²) in [5.41, 5.74) is 8.64. The first kappa shape index (κ1) is 11.0. The average Bonchev–Trinajstić information content (AvgIpc) is 2.30. The molecule has 0 radical (unpaired) electrons. The Kier molecular flexibility index (Phi) is 3.41. The minimum absolute atomic E-state index is 0.704. The minimum Gasteiger partial charge on any atom is -0.397 e. The molecule has 0 aliphatic heterocycles. The van der Waals surface area contributed by atoms with Crippen LogP contribution < -0.4 is 11.1 Å². The van der Waals surface area contributed by atoms with Gasteiger partial charge in [-0.2, -0.15) is 0 Å². The molecule has 1 aromatic carbocycles. The van der Waals surface area contributed by atoms with Gasteiger partial charge in [0.1, 0.15) is 0 Å². The van der Waals surface area contributed by atoms with E-state index in [-0.39, 0.29) is 0 Å². The van der Waals surface area contributed by atoms with E-state index in [0.29, 0.717) is 12.2 Å². The smallest absolute Gasteiger partial charge is 0.0551 e. The highest BCUT2D eigenvalue weighted by Gasteiger charge is 1.98. The Morgan fingerprint density at radius 2 is 1.94 bits per heavy atom. The van der Waals surface area contributed by atoms with E-state index in [1.54, 1.807) is 12.4 Å². The van der Waals surface area contributed by atoms with Crippen LogP contribution in [0.2, 0.25) is 0 Å². The van der Waals surface area contributed by atoms with Crippen LogP contribution in [0.3, 0.4) is 0 Å². The second-order valence-corrected chi connectivity index (χ2v) is 4.35. The summed E-state index contributed by atoms with van der Waals surface area (Å²) in [5.74, 6) is 0. The van der Waals surface area contributed by atoms with Crippen molar-refractivity contribution in [2.75, 3.05) is 11.1 Å². The quantitative estimate of drug-likeness (QED) is 0.907. The first-order valence-corrected chi connectivity index (χ1v) is 5.73.